The second-order valence-corrected chi connectivity index (χ2v) is 10.4. The van der Waals surface area contributed by atoms with Crippen LogP contribution >= 0.6 is 11.8 Å². The molecule has 0 radical (unpaired) electrons. The number of nitrogens with one attached hydrogen (secondary N) is 1. The monoisotopic (exact) mass is 584 g/mol. The average molecular weight is 585 g/mol. The molecule has 0 aliphatic carbocycles. The fraction of sp³-hybridized carbons (Fsp3) is 0.393. The van der Waals surface area contributed by atoms with Crippen LogP contribution < -0.4 is 24.4 Å². The highest BCUT2D eigenvalue weighted by Crippen LogP contribution is 2.40. The van der Waals surface area contributed by atoms with Crippen molar-refractivity contribution in [2.24, 2.45) is 0 Å². The van der Waals surface area contributed by atoms with Gasteiger partial charge in [0.1, 0.15) is 5.69 Å². The van der Waals surface area contributed by atoms with Gasteiger partial charge >= 0.3 is 0 Å². The summed E-state index contributed by atoms with van der Waals surface area (Å²) in [5.74, 6) is 0.174. The van der Waals surface area contributed by atoms with E-state index in [0.29, 0.717) is 28.5 Å². The van der Waals surface area contributed by atoms with E-state index in [0.717, 1.165) is 55.4 Å². The Morgan fingerprint density at radius 3 is 2.27 bits per heavy atom. The van der Waals surface area contributed by atoms with Crippen LogP contribution in [0.3, 0.4) is 0 Å². The van der Waals surface area contributed by atoms with Crippen LogP contribution in [-0.4, -0.2) is 74.4 Å². The van der Waals surface area contributed by atoms with Crippen molar-refractivity contribution in [1.29, 1.82) is 0 Å². The number of hydrogen-bond donors (Lipinski definition) is 1. The maximum Gasteiger partial charge on any atom is 0.293 e. The molecule has 218 valence electrons. The number of nitro groups is 1. The summed E-state index contributed by atoms with van der Waals surface area (Å²) in [5, 5.41) is 14.0. The quantitative estimate of drug-likeness (QED) is 0.242. The predicted octanol–water partition coefficient (Wildman–Crippen LogP) is 4.47. The molecule has 2 aromatic rings. The van der Waals surface area contributed by atoms with Gasteiger partial charge in [0.25, 0.3) is 22.7 Å². The van der Waals surface area contributed by atoms with Gasteiger partial charge in [-0.15, -0.1) is 0 Å². The predicted molar refractivity (Wildman–Crippen MR) is 155 cm³/mol. The third-order valence-corrected chi connectivity index (χ3v) is 7.77. The van der Waals surface area contributed by atoms with E-state index in [2.05, 4.69) is 5.32 Å². The summed E-state index contributed by atoms with van der Waals surface area (Å²) >= 11 is 0.784. The molecule has 2 aliphatic heterocycles. The van der Waals surface area contributed by atoms with Crippen molar-refractivity contribution in [3.63, 3.8) is 0 Å². The van der Waals surface area contributed by atoms with Crippen molar-refractivity contribution >= 4 is 46.3 Å². The zero-order valence-electron chi connectivity index (χ0n) is 23.1. The normalized spacial score (nSPS) is 16.5. The lowest BCUT2D eigenvalue weighted by Crippen LogP contribution is -2.37. The van der Waals surface area contributed by atoms with Crippen molar-refractivity contribution in [3.8, 4) is 17.2 Å². The molecule has 12 nitrogen and oxygen atoms in total. The number of carbonyl (C=O) groups excluding carboxylic acids is 3. The number of ether oxygens (including phenoxy) is 3. The molecule has 0 spiro atoms. The Kier molecular flexibility index (Phi) is 9.71. The number of methoxy groups -OCH3 is 3. The van der Waals surface area contributed by atoms with Crippen LogP contribution in [0.4, 0.5) is 16.2 Å². The van der Waals surface area contributed by atoms with E-state index in [9.17, 15) is 24.5 Å². The van der Waals surface area contributed by atoms with Gasteiger partial charge in [-0.05, 0) is 60.5 Å². The first-order valence-corrected chi connectivity index (χ1v) is 14.0. The molecule has 0 bridgehead atoms. The van der Waals surface area contributed by atoms with Crippen LogP contribution in [0.5, 0.6) is 17.2 Å². The Morgan fingerprint density at radius 1 is 1.02 bits per heavy atom. The fourth-order valence-electron chi connectivity index (χ4n) is 4.80. The smallest absolute Gasteiger partial charge is 0.293 e. The molecule has 0 aromatic heterocycles. The van der Waals surface area contributed by atoms with Gasteiger partial charge in [-0.1, -0.05) is 12.8 Å². The Bertz CT molecular complexity index is 1350. The van der Waals surface area contributed by atoms with E-state index in [1.807, 2.05) is 4.90 Å². The third-order valence-electron chi connectivity index (χ3n) is 6.86. The number of nitro benzene ring substituents is 1. The van der Waals surface area contributed by atoms with Gasteiger partial charge in [0.2, 0.25) is 5.75 Å². The summed E-state index contributed by atoms with van der Waals surface area (Å²) in [7, 11) is 4.44. The minimum Gasteiger partial charge on any atom is -0.493 e. The second-order valence-electron chi connectivity index (χ2n) is 9.41. The van der Waals surface area contributed by atoms with Crippen molar-refractivity contribution < 1.29 is 33.5 Å². The molecule has 0 unspecified atom stereocenters. The minimum atomic E-state index is -0.532. The number of hydrogen-bond acceptors (Lipinski definition) is 10. The Balaban J connectivity index is 1.41. The second kappa shape index (κ2) is 13.4. The highest BCUT2D eigenvalue weighted by atomic mass is 32.2. The summed E-state index contributed by atoms with van der Waals surface area (Å²) in [5.41, 5.74) is 1.09. The van der Waals surface area contributed by atoms with Crippen molar-refractivity contribution in [2.75, 3.05) is 52.4 Å². The van der Waals surface area contributed by atoms with E-state index in [1.54, 1.807) is 30.3 Å². The number of benzene rings is 2. The van der Waals surface area contributed by atoms with Crippen LogP contribution in [0.2, 0.25) is 0 Å². The summed E-state index contributed by atoms with van der Waals surface area (Å²) in [6.07, 6.45) is 5.66. The SMILES string of the molecule is COc1cc(C=C2SC(=O)N(CCNC(=O)c3ccc(N4CCCCCC4)c([N+](=O)[O-])c3)C2=O)cc(OC)c1OC. The standard InChI is InChI=1S/C28H32N4O8S/c1-38-22-14-18(15-23(39-2)25(22)40-3)16-24-27(34)31(28(35)41-24)13-10-29-26(33)19-8-9-20(21(17-19)32(36)37)30-11-6-4-5-7-12-30/h8-9,14-17H,4-7,10-13H2,1-3H3,(H,29,33). The molecular weight excluding hydrogens is 552 g/mol. The Hall–Kier alpha value is -4.26. The van der Waals surface area contributed by atoms with E-state index >= 15 is 0 Å². The average Bonchev–Trinajstić information content (AvgIpc) is 3.14. The van der Waals surface area contributed by atoms with E-state index in [-0.39, 0.29) is 29.2 Å². The summed E-state index contributed by atoms with van der Waals surface area (Å²) < 4.78 is 16.0. The molecule has 2 saturated heterocycles. The molecule has 0 atom stereocenters. The maximum atomic E-state index is 13.0. The third kappa shape index (κ3) is 6.73. The number of anilines is 1. The Morgan fingerprint density at radius 2 is 1.68 bits per heavy atom. The zero-order valence-corrected chi connectivity index (χ0v) is 24.0. The number of thioether (sulfide) groups is 1. The highest BCUT2D eigenvalue weighted by Gasteiger charge is 2.35. The van der Waals surface area contributed by atoms with Crippen LogP contribution in [0.25, 0.3) is 6.08 Å². The largest absolute Gasteiger partial charge is 0.493 e. The van der Waals surface area contributed by atoms with Gasteiger partial charge in [0, 0.05) is 37.8 Å². The first-order chi connectivity index (χ1) is 19.8. The first kappa shape index (κ1) is 29.7. The molecular formula is C28H32N4O8S. The van der Waals surface area contributed by atoms with E-state index in [1.165, 1.54) is 27.4 Å². The molecule has 41 heavy (non-hydrogen) atoms. The molecule has 2 fully saturated rings. The first-order valence-electron chi connectivity index (χ1n) is 13.1. The van der Waals surface area contributed by atoms with Crippen LogP contribution in [-0.2, 0) is 4.79 Å². The molecule has 2 aliphatic rings. The molecule has 2 aromatic carbocycles. The number of rotatable bonds is 10. The summed E-state index contributed by atoms with van der Waals surface area (Å²) in [6, 6.07) is 7.76. The van der Waals surface area contributed by atoms with E-state index < -0.39 is 22.0 Å². The number of amides is 3. The van der Waals surface area contributed by atoms with Crippen molar-refractivity contribution in [2.45, 2.75) is 25.7 Å². The molecule has 3 amide bonds. The van der Waals surface area contributed by atoms with Crippen molar-refractivity contribution in [3.05, 3.63) is 56.5 Å². The van der Waals surface area contributed by atoms with Gasteiger partial charge in [-0.25, -0.2) is 0 Å². The summed E-state index contributed by atoms with van der Waals surface area (Å²) in [6.45, 7) is 1.39. The maximum absolute atomic E-state index is 13.0. The summed E-state index contributed by atoms with van der Waals surface area (Å²) in [4.78, 5) is 52.9. The van der Waals surface area contributed by atoms with Crippen molar-refractivity contribution in [1.82, 2.24) is 10.2 Å². The number of carbonyl (C=O) groups is 3. The van der Waals surface area contributed by atoms with E-state index in [4.69, 9.17) is 14.2 Å². The molecule has 0 saturated carbocycles. The zero-order chi connectivity index (χ0) is 29.5. The minimum absolute atomic E-state index is 0.0178. The molecule has 1 N–H and O–H groups in total. The number of imide groups is 1. The topological polar surface area (TPSA) is 141 Å². The van der Waals surface area contributed by atoms with Crippen LogP contribution in [0, 0.1) is 10.1 Å². The molecule has 13 heteroatoms. The lowest BCUT2D eigenvalue weighted by atomic mass is 10.1. The molecule has 4 rings (SSSR count). The van der Waals surface area contributed by atoms with Gasteiger partial charge < -0.3 is 24.4 Å². The number of nitrogens with zero attached hydrogens (tertiary/aromatic N) is 3. The highest BCUT2D eigenvalue weighted by molar-refractivity contribution is 8.18. The lowest BCUT2D eigenvalue weighted by molar-refractivity contribution is -0.384. The lowest BCUT2D eigenvalue weighted by Gasteiger charge is -2.22. The molecule has 2 heterocycles. The van der Waals surface area contributed by atoms with Gasteiger partial charge in [-0.2, -0.15) is 0 Å². The van der Waals surface area contributed by atoms with Gasteiger partial charge in [-0.3, -0.25) is 29.4 Å². The van der Waals surface area contributed by atoms with Crippen LogP contribution in [0.15, 0.2) is 35.2 Å². The van der Waals surface area contributed by atoms with Crippen LogP contribution in [0.1, 0.15) is 41.6 Å². The fourth-order valence-corrected chi connectivity index (χ4v) is 5.67. The van der Waals surface area contributed by atoms with Gasteiger partial charge in [0.05, 0.1) is 31.2 Å². The Labute approximate surface area is 241 Å². The van der Waals surface area contributed by atoms with Gasteiger partial charge in [0.15, 0.2) is 11.5 Å².